The Kier molecular flexibility index (Phi) is 8.46. The van der Waals surface area contributed by atoms with Crippen LogP contribution in [0.15, 0.2) is 24.3 Å². The van der Waals surface area contributed by atoms with E-state index in [0.29, 0.717) is 38.2 Å². The maximum atomic E-state index is 11.7. The molecule has 132 valence electrons. The smallest absolute Gasteiger partial charge is 0.311 e. The lowest BCUT2D eigenvalue weighted by Crippen LogP contribution is -2.10. The topological polar surface area (TPSA) is 95.7 Å². The first-order chi connectivity index (χ1) is 11.4. The van der Waals surface area contributed by atoms with Crippen molar-refractivity contribution < 1.29 is 24.0 Å². The second-order valence-corrected chi connectivity index (χ2v) is 5.87. The molecule has 1 rings (SSSR count). The Morgan fingerprint density at radius 1 is 1.12 bits per heavy atom. The fourth-order valence-corrected chi connectivity index (χ4v) is 1.89. The number of nitro benzene ring substituents is 1. The molecule has 0 spiro atoms. The highest BCUT2D eigenvalue weighted by molar-refractivity contribution is 5.72. The van der Waals surface area contributed by atoms with Crippen LogP contribution in [0.4, 0.5) is 5.69 Å². The number of unbranched alkanes of at least 4 members (excludes halogenated alkanes) is 2. The highest BCUT2D eigenvalue weighted by Crippen LogP contribution is 2.19. The lowest BCUT2D eigenvalue weighted by Gasteiger charge is -2.07. The first kappa shape index (κ1) is 19.6. The maximum absolute atomic E-state index is 11.7. The number of hydrogen-bond donors (Lipinski definition) is 0. The Bertz CT molecular complexity index is 570. The molecule has 0 bridgehead atoms. The van der Waals surface area contributed by atoms with Crippen molar-refractivity contribution in [3.63, 3.8) is 0 Å². The number of non-ortho nitro benzene ring substituents is 1. The molecule has 0 aliphatic carbocycles. The van der Waals surface area contributed by atoms with E-state index in [1.165, 1.54) is 24.3 Å². The summed E-state index contributed by atoms with van der Waals surface area (Å²) < 4.78 is 10.1. The minimum atomic E-state index is -0.546. The predicted molar refractivity (Wildman–Crippen MR) is 87.6 cm³/mol. The van der Waals surface area contributed by atoms with Crippen LogP contribution >= 0.6 is 0 Å². The molecule has 7 heteroatoms. The van der Waals surface area contributed by atoms with Crippen LogP contribution in [0.3, 0.4) is 0 Å². The monoisotopic (exact) mass is 337 g/mol. The van der Waals surface area contributed by atoms with Gasteiger partial charge in [-0.2, -0.15) is 0 Å². The van der Waals surface area contributed by atoms with Crippen LogP contribution in [0.2, 0.25) is 0 Å². The number of nitro groups is 1. The number of rotatable bonds is 10. The minimum absolute atomic E-state index is 0.125. The van der Waals surface area contributed by atoms with Crippen LogP contribution in [0.5, 0.6) is 5.75 Å². The highest BCUT2D eigenvalue weighted by atomic mass is 16.6. The Hall–Kier alpha value is -2.44. The standard InChI is InChI=1S/C17H23NO6/c1-13(2)12-23-16(19)9-4-3-5-10-17(20)24-15-8-6-7-14(11-15)18(21)22/h6-8,11,13H,3-5,9-10,12H2,1-2H3. The van der Waals surface area contributed by atoms with Crippen molar-refractivity contribution in [1.82, 2.24) is 0 Å². The van der Waals surface area contributed by atoms with E-state index in [2.05, 4.69) is 0 Å². The third-order valence-corrected chi connectivity index (χ3v) is 3.10. The summed E-state index contributed by atoms with van der Waals surface area (Å²) >= 11 is 0. The number of hydrogen-bond acceptors (Lipinski definition) is 6. The molecule has 0 saturated heterocycles. The van der Waals surface area contributed by atoms with E-state index < -0.39 is 10.9 Å². The summed E-state index contributed by atoms with van der Waals surface area (Å²) in [5.74, 6) is -0.190. The van der Waals surface area contributed by atoms with E-state index in [9.17, 15) is 19.7 Å². The summed E-state index contributed by atoms with van der Waals surface area (Å²) in [6.07, 6.45) is 2.49. The second-order valence-electron chi connectivity index (χ2n) is 5.87. The predicted octanol–water partition coefficient (Wildman–Crippen LogP) is 3.65. The molecule has 0 aliphatic rings. The van der Waals surface area contributed by atoms with Gasteiger partial charge in [-0.15, -0.1) is 0 Å². The van der Waals surface area contributed by atoms with E-state index in [-0.39, 0.29) is 23.8 Å². The van der Waals surface area contributed by atoms with Crippen LogP contribution in [0.1, 0.15) is 46.0 Å². The van der Waals surface area contributed by atoms with Gasteiger partial charge >= 0.3 is 11.9 Å². The van der Waals surface area contributed by atoms with Crippen molar-refractivity contribution in [2.75, 3.05) is 6.61 Å². The molecule has 0 saturated carbocycles. The molecule has 0 aliphatic heterocycles. The maximum Gasteiger partial charge on any atom is 0.311 e. The van der Waals surface area contributed by atoms with Crippen LogP contribution in [-0.2, 0) is 14.3 Å². The SMILES string of the molecule is CC(C)COC(=O)CCCCCC(=O)Oc1cccc([N+](=O)[O-])c1. The molecule has 0 aromatic heterocycles. The molecular formula is C17H23NO6. The molecule has 0 amide bonds. The van der Waals surface area contributed by atoms with Gasteiger partial charge in [0.15, 0.2) is 0 Å². The van der Waals surface area contributed by atoms with Crippen molar-refractivity contribution in [3.8, 4) is 5.75 Å². The van der Waals surface area contributed by atoms with Gasteiger partial charge in [-0.05, 0) is 24.8 Å². The zero-order chi connectivity index (χ0) is 17.9. The van der Waals surface area contributed by atoms with Crippen molar-refractivity contribution in [1.29, 1.82) is 0 Å². The van der Waals surface area contributed by atoms with Crippen LogP contribution in [0, 0.1) is 16.0 Å². The molecule has 0 N–H and O–H groups in total. The molecule has 7 nitrogen and oxygen atoms in total. The van der Waals surface area contributed by atoms with Crippen LogP contribution in [-0.4, -0.2) is 23.5 Å². The Morgan fingerprint density at radius 3 is 2.42 bits per heavy atom. The van der Waals surface area contributed by atoms with E-state index >= 15 is 0 Å². The normalized spacial score (nSPS) is 10.5. The molecule has 0 unspecified atom stereocenters. The number of carbonyl (C=O) groups excluding carboxylic acids is 2. The number of esters is 2. The van der Waals surface area contributed by atoms with Gasteiger partial charge in [0.2, 0.25) is 0 Å². The lowest BCUT2D eigenvalue weighted by atomic mass is 10.1. The molecule has 1 aromatic carbocycles. The number of carbonyl (C=O) groups is 2. The first-order valence-electron chi connectivity index (χ1n) is 7.99. The second kappa shape index (κ2) is 10.4. The number of ether oxygens (including phenoxy) is 2. The summed E-state index contributed by atoms with van der Waals surface area (Å²) in [5.41, 5.74) is -0.125. The average molecular weight is 337 g/mol. The van der Waals surface area contributed by atoms with E-state index in [1.807, 2.05) is 13.8 Å². The summed E-state index contributed by atoms with van der Waals surface area (Å²) in [4.78, 5) is 33.2. The van der Waals surface area contributed by atoms with Crippen LogP contribution in [0.25, 0.3) is 0 Å². The lowest BCUT2D eigenvalue weighted by molar-refractivity contribution is -0.384. The van der Waals surface area contributed by atoms with Gasteiger partial charge in [-0.25, -0.2) is 0 Å². The Labute approximate surface area is 141 Å². The molecule has 0 heterocycles. The summed E-state index contributed by atoms with van der Waals surface area (Å²) in [5, 5.41) is 10.6. The zero-order valence-corrected chi connectivity index (χ0v) is 14.0. The summed E-state index contributed by atoms with van der Waals surface area (Å²) in [6.45, 7) is 4.37. The first-order valence-corrected chi connectivity index (χ1v) is 7.99. The third kappa shape index (κ3) is 8.26. The van der Waals surface area contributed by atoms with Gasteiger partial charge in [0, 0.05) is 18.9 Å². The summed E-state index contributed by atoms with van der Waals surface area (Å²) in [6, 6.07) is 5.50. The fraction of sp³-hybridized carbons (Fsp3) is 0.529. The van der Waals surface area contributed by atoms with Crippen molar-refractivity contribution in [2.24, 2.45) is 5.92 Å². The van der Waals surface area contributed by atoms with Crippen molar-refractivity contribution >= 4 is 17.6 Å². The largest absolute Gasteiger partial charge is 0.465 e. The highest BCUT2D eigenvalue weighted by Gasteiger charge is 2.10. The van der Waals surface area contributed by atoms with Gasteiger partial charge in [0.1, 0.15) is 5.75 Å². The zero-order valence-electron chi connectivity index (χ0n) is 14.0. The van der Waals surface area contributed by atoms with E-state index in [4.69, 9.17) is 9.47 Å². The summed E-state index contributed by atoms with van der Waals surface area (Å²) in [7, 11) is 0. The molecular weight excluding hydrogens is 314 g/mol. The van der Waals surface area contributed by atoms with E-state index in [0.717, 1.165) is 0 Å². The fourth-order valence-electron chi connectivity index (χ4n) is 1.89. The Morgan fingerprint density at radius 2 is 1.79 bits per heavy atom. The number of nitrogens with zero attached hydrogens (tertiary/aromatic N) is 1. The van der Waals surface area contributed by atoms with Gasteiger partial charge in [-0.1, -0.05) is 26.3 Å². The van der Waals surface area contributed by atoms with E-state index in [1.54, 1.807) is 0 Å². The van der Waals surface area contributed by atoms with Crippen molar-refractivity contribution in [2.45, 2.75) is 46.0 Å². The van der Waals surface area contributed by atoms with Gasteiger partial charge < -0.3 is 9.47 Å². The Balaban J connectivity index is 2.19. The molecule has 0 fully saturated rings. The van der Waals surface area contributed by atoms with Gasteiger partial charge in [0.25, 0.3) is 5.69 Å². The minimum Gasteiger partial charge on any atom is -0.465 e. The van der Waals surface area contributed by atoms with Gasteiger partial charge in [-0.3, -0.25) is 19.7 Å². The number of benzene rings is 1. The molecule has 0 radical (unpaired) electrons. The van der Waals surface area contributed by atoms with Crippen LogP contribution < -0.4 is 4.74 Å². The molecule has 1 aromatic rings. The van der Waals surface area contributed by atoms with Crippen molar-refractivity contribution in [3.05, 3.63) is 34.4 Å². The average Bonchev–Trinajstić information content (AvgIpc) is 2.52. The molecule has 0 atom stereocenters. The quantitative estimate of drug-likeness (QED) is 0.213. The third-order valence-electron chi connectivity index (χ3n) is 3.10. The van der Waals surface area contributed by atoms with Gasteiger partial charge in [0.05, 0.1) is 17.6 Å². The molecule has 24 heavy (non-hydrogen) atoms.